The van der Waals surface area contributed by atoms with Crippen molar-refractivity contribution in [2.45, 2.75) is 25.8 Å². The van der Waals surface area contributed by atoms with Gasteiger partial charge in [-0.15, -0.1) is 0 Å². The van der Waals surface area contributed by atoms with Gasteiger partial charge in [0, 0.05) is 6.61 Å². The summed E-state index contributed by atoms with van der Waals surface area (Å²) in [5, 5.41) is 3.44. The van der Waals surface area contributed by atoms with Gasteiger partial charge in [-0.25, -0.2) is 9.97 Å². The van der Waals surface area contributed by atoms with Crippen molar-refractivity contribution >= 4 is 16.9 Å². The second-order valence-corrected chi connectivity index (χ2v) is 4.70. The Hall–Kier alpha value is -1.68. The van der Waals surface area contributed by atoms with E-state index >= 15 is 0 Å². The van der Waals surface area contributed by atoms with Crippen molar-refractivity contribution in [3.8, 4) is 0 Å². The van der Waals surface area contributed by atoms with E-state index in [1.165, 1.54) is 0 Å². The lowest BCUT2D eigenvalue weighted by Gasteiger charge is -2.24. The molecule has 1 aromatic heterocycles. The molecular formula is C14H17N3O. The van der Waals surface area contributed by atoms with E-state index in [4.69, 9.17) is 4.74 Å². The molecule has 1 N–H and O–H groups in total. The first kappa shape index (κ1) is 11.4. The van der Waals surface area contributed by atoms with Gasteiger partial charge in [0.1, 0.15) is 5.82 Å². The summed E-state index contributed by atoms with van der Waals surface area (Å²) in [6.45, 7) is 3.62. The number of ether oxygens (including phenoxy) is 1. The minimum Gasteiger partial charge on any atom is -0.379 e. The van der Waals surface area contributed by atoms with Gasteiger partial charge in [0.15, 0.2) is 0 Å². The van der Waals surface area contributed by atoms with E-state index in [0.29, 0.717) is 6.04 Å². The standard InChI is InChI=1S/C14H17N3O/c1-10-14(16-11-5-4-8-18-9-11)17-13-7-3-2-6-12(13)15-10/h2-3,6-7,11H,4-5,8-9H2,1H3,(H,16,17). The van der Waals surface area contributed by atoms with Crippen molar-refractivity contribution in [1.82, 2.24) is 9.97 Å². The van der Waals surface area contributed by atoms with E-state index in [1.54, 1.807) is 0 Å². The third kappa shape index (κ3) is 2.29. The third-order valence-electron chi connectivity index (χ3n) is 3.25. The molecule has 3 rings (SSSR count). The number of fused-ring (bicyclic) bond motifs is 1. The van der Waals surface area contributed by atoms with Crippen LogP contribution in [0.25, 0.3) is 11.0 Å². The Bertz CT molecular complexity index is 550. The lowest BCUT2D eigenvalue weighted by Crippen LogP contribution is -2.30. The minimum absolute atomic E-state index is 0.355. The van der Waals surface area contributed by atoms with Gasteiger partial charge in [0.2, 0.25) is 0 Å². The van der Waals surface area contributed by atoms with Crippen LogP contribution in [0.4, 0.5) is 5.82 Å². The maximum Gasteiger partial charge on any atom is 0.148 e. The third-order valence-corrected chi connectivity index (χ3v) is 3.25. The molecule has 1 fully saturated rings. The highest BCUT2D eigenvalue weighted by molar-refractivity contribution is 5.76. The van der Waals surface area contributed by atoms with E-state index in [1.807, 2.05) is 31.2 Å². The Morgan fingerprint density at radius 3 is 2.72 bits per heavy atom. The summed E-state index contributed by atoms with van der Waals surface area (Å²) in [4.78, 5) is 9.21. The van der Waals surface area contributed by atoms with Crippen LogP contribution >= 0.6 is 0 Å². The average Bonchev–Trinajstić information content (AvgIpc) is 2.41. The molecule has 1 atom stereocenters. The van der Waals surface area contributed by atoms with Crippen molar-refractivity contribution in [2.75, 3.05) is 18.5 Å². The lowest BCUT2D eigenvalue weighted by molar-refractivity contribution is 0.0875. The number of aromatic nitrogens is 2. The molecule has 0 radical (unpaired) electrons. The Morgan fingerprint density at radius 2 is 2.00 bits per heavy atom. The fourth-order valence-corrected chi connectivity index (χ4v) is 2.27. The van der Waals surface area contributed by atoms with Crippen LogP contribution in [-0.4, -0.2) is 29.2 Å². The molecule has 0 bridgehead atoms. The zero-order valence-corrected chi connectivity index (χ0v) is 10.5. The van der Waals surface area contributed by atoms with Gasteiger partial charge in [-0.05, 0) is 31.9 Å². The number of hydrogen-bond donors (Lipinski definition) is 1. The normalized spacial score (nSPS) is 19.9. The summed E-state index contributed by atoms with van der Waals surface area (Å²) in [7, 11) is 0. The molecule has 0 saturated carbocycles. The molecule has 0 amide bonds. The molecule has 1 aliphatic rings. The molecule has 2 aromatic rings. The van der Waals surface area contributed by atoms with Gasteiger partial charge < -0.3 is 10.1 Å². The Kier molecular flexibility index (Phi) is 3.11. The fraction of sp³-hybridized carbons (Fsp3) is 0.429. The van der Waals surface area contributed by atoms with E-state index in [-0.39, 0.29) is 0 Å². The molecule has 2 heterocycles. The molecule has 1 saturated heterocycles. The average molecular weight is 243 g/mol. The van der Waals surface area contributed by atoms with E-state index in [2.05, 4.69) is 15.3 Å². The summed E-state index contributed by atoms with van der Waals surface area (Å²) in [5.74, 6) is 0.879. The first-order chi connectivity index (χ1) is 8.83. The van der Waals surface area contributed by atoms with Crippen molar-refractivity contribution in [3.05, 3.63) is 30.0 Å². The number of aryl methyl sites for hydroxylation is 1. The Morgan fingerprint density at radius 1 is 1.22 bits per heavy atom. The van der Waals surface area contributed by atoms with Gasteiger partial charge in [-0.3, -0.25) is 0 Å². The number of para-hydroxylation sites is 2. The van der Waals surface area contributed by atoms with Gasteiger partial charge in [0.25, 0.3) is 0 Å². The smallest absolute Gasteiger partial charge is 0.148 e. The monoisotopic (exact) mass is 243 g/mol. The maximum absolute atomic E-state index is 5.47. The van der Waals surface area contributed by atoms with Gasteiger partial charge in [-0.2, -0.15) is 0 Å². The van der Waals surface area contributed by atoms with Crippen LogP contribution in [0, 0.1) is 6.92 Å². The van der Waals surface area contributed by atoms with Crippen molar-refractivity contribution in [3.63, 3.8) is 0 Å². The highest BCUT2D eigenvalue weighted by Gasteiger charge is 2.15. The number of hydrogen-bond acceptors (Lipinski definition) is 4. The van der Waals surface area contributed by atoms with Crippen LogP contribution in [0.1, 0.15) is 18.5 Å². The predicted octanol–water partition coefficient (Wildman–Crippen LogP) is 2.53. The lowest BCUT2D eigenvalue weighted by atomic mass is 10.1. The zero-order chi connectivity index (χ0) is 12.4. The summed E-state index contributed by atoms with van der Waals surface area (Å²) in [5.41, 5.74) is 2.82. The van der Waals surface area contributed by atoms with E-state index in [9.17, 15) is 0 Å². The summed E-state index contributed by atoms with van der Waals surface area (Å²) >= 11 is 0. The van der Waals surface area contributed by atoms with E-state index in [0.717, 1.165) is 48.6 Å². The molecule has 1 aromatic carbocycles. The Labute approximate surface area is 106 Å². The SMILES string of the molecule is Cc1nc2ccccc2nc1NC1CCCOC1. The Balaban J connectivity index is 1.88. The molecule has 1 unspecified atom stereocenters. The largest absolute Gasteiger partial charge is 0.379 e. The first-order valence-electron chi connectivity index (χ1n) is 6.40. The van der Waals surface area contributed by atoms with Crippen LogP contribution in [0.3, 0.4) is 0 Å². The second-order valence-electron chi connectivity index (χ2n) is 4.70. The van der Waals surface area contributed by atoms with Gasteiger partial charge in [-0.1, -0.05) is 12.1 Å². The number of nitrogens with one attached hydrogen (secondary N) is 1. The molecule has 0 spiro atoms. The summed E-state index contributed by atoms with van der Waals surface area (Å²) in [6, 6.07) is 8.30. The quantitative estimate of drug-likeness (QED) is 0.880. The maximum atomic E-state index is 5.47. The second kappa shape index (κ2) is 4.90. The highest BCUT2D eigenvalue weighted by Crippen LogP contribution is 2.18. The molecule has 94 valence electrons. The predicted molar refractivity (Wildman–Crippen MR) is 71.7 cm³/mol. The van der Waals surface area contributed by atoms with Crippen LogP contribution in [0.2, 0.25) is 0 Å². The zero-order valence-electron chi connectivity index (χ0n) is 10.5. The van der Waals surface area contributed by atoms with Crippen molar-refractivity contribution < 1.29 is 4.74 Å². The summed E-state index contributed by atoms with van der Waals surface area (Å²) in [6.07, 6.45) is 2.24. The van der Waals surface area contributed by atoms with Crippen molar-refractivity contribution in [1.29, 1.82) is 0 Å². The fourth-order valence-electron chi connectivity index (χ4n) is 2.27. The molecule has 4 heteroatoms. The van der Waals surface area contributed by atoms with E-state index < -0.39 is 0 Å². The number of rotatable bonds is 2. The van der Waals surface area contributed by atoms with Crippen LogP contribution in [0.15, 0.2) is 24.3 Å². The number of nitrogens with zero attached hydrogens (tertiary/aromatic N) is 2. The molecule has 1 aliphatic heterocycles. The van der Waals surface area contributed by atoms with Gasteiger partial charge in [0.05, 0.1) is 29.4 Å². The van der Waals surface area contributed by atoms with Crippen LogP contribution in [0.5, 0.6) is 0 Å². The molecule has 18 heavy (non-hydrogen) atoms. The minimum atomic E-state index is 0.355. The molecular weight excluding hydrogens is 226 g/mol. The van der Waals surface area contributed by atoms with Crippen molar-refractivity contribution in [2.24, 2.45) is 0 Å². The topological polar surface area (TPSA) is 47.0 Å². The van der Waals surface area contributed by atoms with Crippen LogP contribution in [-0.2, 0) is 4.74 Å². The number of benzene rings is 1. The van der Waals surface area contributed by atoms with Gasteiger partial charge >= 0.3 is 0 Å². The highest BCUT2D eigenvalue weighted by atomic mass is 16.5. The molecule has 0 aliphatic carbocycles. The number of anilines is 1. The molecule has 4 nitrogen and oxygen atoms in total. The first-order valence-corrected chi connectivity index (χ1v) is 6.40. The summed E-state index contributed by atoms with van der Waals surface area (Å²) < 4.78 is 5.47. The van der Waals surface area contributed by atoms with Crippen LogP contribution < -0.4 is 5.32 Å².